The monoisotopic (exact) mass is 952 g/mol. The topological polar surface area (TPSA) is 111 Å². The summed E-state index contributed by atoms with van der Waals surface area (Å²) in [6, 6.07) is -0.887. The number of hydrogen-bond acceptors (Lipinski definition) is 6. The Hall–Kier alpha value is -3.59. The van der Waals surface area contributed by atoms with Crippen LogP contribution in [0.4, 0.5) is 0 Å². The second-order valence-electron chi connectivity index (χ2n) is 18.1. The predicted octanol–water partition coefficient (Wildman–Crippen LogP) is 15.2. The molecule has 0 rings (SSSR count). The van der Waals surface area contributed by atoms with Crippen molar-refractivity contribution in [3.8, 4) is 0 Å². The molecule has 2 N–H and O–H groups in total. The van der Waals surface area contributed by atoms with E-state index in [4.69, 9.17) is 13.8 Å². The Morgan fingerprint density at radius 2 is 0.955 bits per heavy atom. The lowest BCUT2D eigenvalue weighted by atomic mass is 10.1. The van der Waals surface area contributed by atoms with Crippen LogP contribution in [0.5, 0.6) is 0 Å². The first kappa shape index (κ1) is 63.4. The molecule has 0 aliphatic heterocycles. The summed E-state index contributed by atoms with van der Waals surface area (Å²) in [7, 11) is 1.43. The van der Waals surface area contributed by atoms with E-state index in [2.05, 4.69) is 68.6 Å². The van der Waals surface area contributed by atoms with Crippen LogP contribution in [-0.4, -0.2) is 74.3 Å². The number of nitrogens with one attached hydrogen (secondary N) is 1. The van der Waals surface area contributed by atoms with E-state index in [1.165, 1.54) is 44.9 Å². The molecule has 0 saturated carbocycles. The normalized spacial score (nSPS) is 14.9. The summed E-state index contributed by atoms with van der Waals surface area (Å²) in [6.07, 6.45) is 63.4. The lowest BCUT2D eigenvalue weighted by Gasteiger charge is -2.27. The Morgan fingerprint density at radius 3 is 1.45 bits per heavy atom. The lowest BCUT2D eigenvalue weighted by molar-refractivity contribution is -0.870. The quantitative estimate of drug-likeness (QED) is 0.0156. The van der Waals surface area contributed by atoms with Crippen molar-refractivity contribution in [2.75, 3.05) is 40.9 Å². The van der Waals surface area contributed by atoms with Crippen molar-refractivity contribution in [3.05, 3.63) is 122 Å². The summed E-state index contributed by atoms with van der Waals surface area (Å²) >= 11 is 0. The fourth-order valence-corrected chi connectivity index (χ4v) is 7.35. The first-order valence-corrected chi connectivity index (χ1v) is 27.5. The fraction of sp³-hybridized carbons (Fsp3) is 0.614. The number of nitrogens with zero attached hydrogens (tertiary/aromatic N) is 1. The molecule has 0 heterocycles. The lowest BCUT2D eigenvalue weighted by Crippen LogP contribution is -2.47. The number of unbranched alkanes of at least 4 members (excludes halogenated alkanes) is 17. The molecule has 3 atom stereocenters. The standard InChI is InChI=1S/C57H95N2O7P/c1-7-10-13-16-19-22-25-27-28-29-30-32-34-37-40-43-46-49-56(60)58-54(53-65-67(62,63)64-52-51-59(4,5)6)55(48-45-42-39-36-33-24-21-18-15-12-9-3)66-57(61)50-47-44-41-38-35-31-26-23-20-17-14-11-8-2/h10-11,13-14,16-17,19-20,22-23,25-30,32,34,45,48,54-55H,7-9,12,15,18,21,24,31,33,35-44,46-47,49-53H2,1-6H3,(H-,58,60,62,63)/p+1/b13-10-,14-11+,19-16+,20-17+,25-22+,26-23-,28-27-,30-29+,34-32+,48-45-. The van der Waals surface area contributed by atoms with Gasteiger partial charge >= 0.3 is 13.8 Å². The average Bonchev–Trinajstić information content (AvgIpc) is 3.28. The summed E-state index contributed by atoms with van der Waals surface area (Å²) in [5.41, 5.74) is 0. The molecule has 0 aromatic carbocycles. The molecule has 0 aliphatic rings. The van der Waals surface area contributed by atoms with Crippen LogP contribution in [0.25, 0.3) is 0 Å². The van der Waals surface area contributed by atoms with Crippen LogP contribution in [0.15, 0.2) is 122 Å². The van der Waals surface area contributed by atoms with Crippen LogP contribution >= 0.6 is 7.82 Å². The maximum absolute atomic E-state index is 13.4. The minimum Gasteiger partial charge on any atom is -0.456 e. The molecule has 0 aromatic rings. The van der Waals surface area contributed by atoms with Gasteiger partial charge < -0.3 is 19.4 Å². The number of likely N-dealkylation sites (N-methyl/N-ethyl adjacent to an activating group) is 1. The Bertz CT molecular complexity index is 1560. The summed E-state index contributed by atoms with van der Waals surface area (Å²) in [5, 5.41) is 3.00. The maximum Gasteiger partial charge on any atom is 0.472 e. The summed E-state index contributed by atoms with van der Waals surface area (Å²) in [4.78, 5) is 37.4. The van der Waals surface area contributed by atoms with Gasteiger partial charge in [0.25, 0.3) is 0 Å². The minimum atomic E-state index is -4.46. The molecule has 380 valence electrons. The van der Waals surface area contributed by atoms with E-state index >= 15 is 0 Å². The zero-order valence-corrected chi connectivity index (χ0v) is 44.0. The fourth-order valence-electron chi connectivity index (χ4n) is 6.62. The average molecular weight is 952 g/mol. The van der Waals surface area contributed by atoms with E-state index in [1.807, 2.05) is 100 Å². The van der Waals surface area contributed by atoms with E-state index in [1.54, 1.807) is 0 Å². The van der Waals surface area contributed by atoms with Crippen LogP contribution in [0.2, 0.25) is 0 Å². The van der Waals surface area contributed by atoms with Crippen molar-refractivity contribution >= 4 is 19.7 Å². The van der Waals surface area contributed by atoms with Gasteiger partial charge in [0.05, 0.1) is 33.8 Å². The summed E-state index contributed by atoms with van der Waals surface area (Å²) in [5.74, 6) is -0.596. The highest BCUT2D eigenvalue weighted by Crippen LogP contribution is 2.43. The largest absolute Gasteiger partial charge is 0.472 e. The SMILES string of the molecule is CC\C=C/C=C/C=C/C=C\C=C\C=C\CCCCCC(=O)NC(COP(=O)(O)OCC[N+](C)(C)C)C(/C=C\CCCCCCCCCCC)OC(=O)CCCCCCC\C=C/C=C/C=C/CC. The van der Waals surface area contributed by atoms with Gasteiger partial charge in [-0.15, -0.1) is 0 Å². The van der Waals surface area contributed by atoms with Crippen molar-refractivity contribution in [1.82, 2.24) is 5.32 Å². The number of ether oxygens (including phenoxy) is 1. The molecule has 10 heteroatoms. The zero-order chi connectivity index (χ0) is 49.4. The number of phosphoric ester groups is 1. The van der Waals surface area contributed by atoms with Crippen molar-refractivity contribution in [2.45, 2.75) is 187 Å². The highest BCUT2D eigenvalue weighted by molar-refractivity contribution is 7.47. The second-order valence-corrected chi connectivity index (χ2v) is 19.6. The van der Waals surface area contributed by atoms with E-state index in [9.17, 15) is 19.0 Å². The first-order chi connectivity index (χ1) is 32.4. The number of esters is 1. The van der Waals surface area contributed by atoms with Gasteiger partial charge in [-0.2, -0.15) is 0 Å². The zero-order valence-electron chi connectivity index (χ0n) is 43.1. The van der Waals surface area contributed by atoms with Gasteiger partial charge in [0.2, 0.25) is 5.91 Å². The Morgan fingerprint density at radius 1 is 0.537 bits per heavy atom. The summed E-state index contributed by atoms with van der Waals surface area (Å²) < 4.78 is 30.4. The van der Waals surface area contributed by atoms with Crippen molar-refractivity contribution in [3.63, 3.8) is 0 Å². The number of allylic oxidation sites excluding steroid dienone is 19. The molecule has 0 aliphatic carbocycles. The van der Waals surface area contributed by atoms with Gasteiger partial charge in [0.15, 0.2) is 0 Å². The number of carbonyl (C=O) groups is 2. The van der Waals surface area contributed by atoms with Crippen molar-refractivity contribution in [2.24, 2.45) is 0 Å². The van der Waals surface area contributed by atoms with Gasteiger partial charge in [-0.25, -0.2) is 4.57 Å². The van der Waals surface area contributed by atoms with Gasteiger partial charge in [0.1, 0.15) is 19.3 Å². The number of quaternary nitrogens is 1. The molecule has 0 bridgehead atoms. The van der Waals surface area contributed by atoms with Crippen LogP contribution < -0.4 is 5.32 Å². The third-order valence-corrected chi connectivity index (χ3v) is 11.6. The molecule has 0 aromatic heterocycles. The molecule has 0 radical (unpaired) electrons. The van der Waals surface area contributed by atoms with E-state index in [-0.39, 0.29) is 37.9 Å². The van der Waals surface area contributed by atoms with Crippen LogP contribution in [0.3, 0.4) is 0 Å². The van der Waals surface area contributed by atoms with Gasteiger partial charge in [-0.05, 0) is 70.3 Å². The van der Waals surface area contributed by atoms with Crippen LogP contribution in [-0.2, 0) is 27.9 Å². The highest BCUT2D eigenvalue weighted by atomic mass is 31.2. The van der Waals surface area contributed by atoms with E-state index in [0.29, 0.717) is 23.9 Å². The Labute approximate surface area is 410 Å². The van der Waals surface area contributed by atoms with Crippen LogP contribution in [0, 0.1) is 0 Å². The van der Waals surface area contributed by atoms with Gasteiger partial charge in [-0.3, -0.25) is 18.6 Å². The molecule has 1 amide bonds. The molecule has 67 heavy (non-hydrogen) atoms. The third-order valence-electron chi connectivity index (χ3n) is 10.6. The first-order valence-electron chi connectivity index (χ1n) is 26.0. The third kappa shape index (κ3) is 47.3. The number of carbonyl (C=O) groups excluding carboxylic acids is 2. The summed E-state index contributed by atoms with van der Waals surface area (Å²) in [6.45, 7) is 6.63. The number of amides is 1. The van der Waals surface area contributed by atoms with E-state index in [0.717, 1.165) is 83.5 Å². The molecule has 3 unspecified atom stereocenters. The van der Waals surface area contributed by atoms with Gasteiger partial charge in [-0.1, -0.05) is 213 Å². The second kappa shape index (κ2) is 46.2. The molecule has 0 fully saturated rings. The molecular formula is C57H96N2O7P+. The van der Waals surface area contributed by atoms with Crippen LogP contribution in [0.1, 0.15) is 175 Å². The van der Waals surface area contributed by atoms with Crippen molar-refractivity contribution < 1.29 is 37.3 Å². The predicted molar refractivity (Wildman–Crippen MR) is 286 cm³/mol. The minimum absolute atomic E-state index is 0.0199. The molecule has 9 nitrogen and oxygen atoms in total. The van der Waals surface area contributed by atoms with Gasteiger partial charge in [0, 0.05) is 12.8 Å². The van der Waals surface area contributed by atoms with E-state index < -0.39 is 20.0 Å². The Balaban J connectivity index is 5.55. The number of hydrogen-bond donors (Lipinski definition) is 2. The Kier molecular flexibility index (Phi) is 43.7. The highest BCUT2D eigenvalue weighted by Gasteiger charge is 2.30. The maximum atomic E-state index is 13.4. The van der Waals surface area contributed by atoms with Crippen molar-refractivity contribution in [1.29, 1.82) is 0 Å². The number of phosphoric acid groups is 1. The molecule has 0 saturated heterocycles. The number of rotatable bonds is 44. The smallest absolute Gasteiger partial charge is 0.456 e. The molecule has 0 spiro atoms. The molecular weight excluding hydrogens is 856 g/mol.